The summed E-state index contributed by atoms with van der Waals surface area (Å²) in [6.07, 6.45) is 0. The summed E-state index contributed by atoms with van der Waals surface area (Å²) >= 11 is 0. The lowest BCUT2D eigenvalue weighted by atomic mass is 10.0. The molecule has 0 aliphatic rings. The Bertz CT molecular complexity index is 310. The second-order valence-electron chi connectivity index (χ2n) is 3.23. The van der Waals surface area contributed by atoms with Crippen LogP contribution >= 0.6 is 0 Å². The van der Waals surface area contributed by atoms with Gasteiger partial charge in [-0.2, -0.15) is 0 Å². The summed E-state index contributed by atoms with van der Waals surface area (Å²) in [5, 5.41) is 9.10. The van der Waals surface area contributed by atoms with Crippen LogP contribution in [0.25, 0.3) is 0 Å². The lowest BCUT2D eigenvalue weighted by Crippen LogP contribution is -2.03. The third kappa shape index (κ3) is 2.86. The molecule has 1 aromatic carbocycles. The van der Waals surface area contributed by atoms with Crippen molar-refractivity contribution in [3.8, 4) is 11.5 Å². The molecule has 0 spiro atoms. The van der Waals surface area contributed by atoms with E-state index in [0.717, 1.165) is 23.0 Å². The van der Waals surface area contributed by atoms with Crippen molar-refractivity contribution in [2.75, 3.05) is 20.3 Å². The average Bonchev–Trinajstić information content (AvgIpc) is 2.28. The van der Waals surface area contributed by atoms with E-state index in [9.17, 15) is 0 Å². The predicted molar refractivity (Wildman–Crippen MR) is 59.3 cm³/mol. The molecular weight excluding hydrogens is 192 g/mol. The van der Waals surface area contributed by atoms with Gasteiger partial charge in [0.15, 0.2) is 0 Å². The van der Waals surface area contributed by atoms with Gasteiger partial charge in [-0.15, -0.1) is 0 Å². The Morgan fingerprint density at radius 1 is 1.40 bits per heavy atom. The standard InChI is InChI=1S/C12H17O3/c1-4-15-10-5-6-12(14-3)11(7-10)9(2)8-13/h5-7,13H,4,8H2,1-3H3. The molecule has 0 fully saturated rings. The smallest absolute Gasteiger partial charge is 0.122 e. The zero-order chi connectivity index (χ0) is 11.3. The number of ether oxygens (including phenoxy) is 2. The minimum atomic E-state index is 0.0198. The first-order valence-electron chi connectivity index (χ1n) is 4.97. The molecule has 0 heterocycles. The normalized spacial score (nSPS) is 10.5. The molecule has 0 atom stereocenters. The molecule has 1 rings (SSSR count). The lowest BCUT2D eigenvalue weighted by Gasteiger charge is -2.14. The topological polar surface area (TPSA) is 38.7 Å². The number of hydrogen-bond donors (Lipinski definition) is 1. The van der Waals surface area contributed by atoms with Gasteiger partial charge in [0.25, 0.3) is 0 Å². The van der Waals surface area contributed by atoms with E-state index in [1.807, 2.05) is 32.0 Å². The lowest BCUT2D eigenvalue weighted by molar-refractivity contribution is 0.311. The fourth-order valence-electron chi connectivity index (χ4n) is 1.36. The van der Waals surface area contributed by atoms with Crippen molar-refractivity contribution >= 4 is 0 Å². The summed E-state index contributed by atoms with van der Waals surface area (Å²) in [4.78, 5) is 0. The Hall–Kier alpha value is -1.22. The monoisotopic (exact) mass is 209 g/mol. The first-order valence-corrected chi connectivity index (χ1v) is 4.97. The summed E-state index contributed by atoms with van der Waals surface area (Å²) in [6.45, 7) is 4.45. The molecule has 3 nitrogen and oxygen atoms in total. The summed E-state index contributed by atoms with van der Waals surface area (Å²) < 4.78 is 10.6. The number of aliphatic hydroxyl groups excluding tert-OH is 1. The Balaban J connectivity index is 3.01. The van der Waals surface area contributed by atoms with E-state index in [2.05, 4.69) is 0 Å². The molecular formula is C12H17O3. The first-order chi connectivity index (χ1) is 7.22. The number of benzene rings is 1. The highest BCUT2D eigenvalue weighted by molar-refractivity contribution is 5.47. The fourth-order valence-corrected chi connectivity index (χ4v) is 1.36. The zero-order valence-electron chi connectivity index (χ0n) is 9.41. The summed E-state index contributed by atoms with van der Waals surface area (Å²) in [6, 6.07) is 5.59. The van der Waals surface area contributed by atoms with Crippen LogP contribution in [-0.2, 0) is 0 Å². The van der Waals surface area contributed by atoms with Crippen molar-refractivity contribution in [1.82, 2.24) is 0 Å². The molecule has 0 bridgehead atoms. The van der Waals surface area contributed by atoms with Gasteiger partial charge in [-0.1, -0.05) is 6.92 Å². The molecule has 0 saturated carbocycles. The van der Waals surface area contributed by atoms with Gasteiger partial charge in [-0.3, -0.25) is 0 Å². The molecule has 0 saturated heterocycles. The van der Waals surface area contributed by atoms with Crippen LogP contribution in [0.5, 0.6) is 11.5 Å². The molecule has 1 radical (unpaired) electrons. The molecule has 1 N–H and O–H groups in total. The summed E-state index contributed by atoms with van der Waals surface area (Å²) in [5.74, 6) is 2.42. The van der Waals surface area contributed by atoms with E-state index in [-0.39, 0.29) is 6.61 Å². The van der Waals surface area contributed by atoms with E-state index in [4.69, 9.17) is 14.6 Å². The molecule has 83 valence electrons. The molecule has 0 unspecified atom stereocenters. The number of methoxy groups -OCH3 is 1. The molecule has 0 amide bonds. The second kappa shape index (κ2) is 5.61. The van der Waals surface area contributed by atoms with Gasteiger partial charge in [0.2, 0.25) is 0 Å². The van der Waals surface area contributed by atoms with E-state index < -0.39 is 0 Å². The Morgan fingerprint density at radius 2 is 2.13 bits per heavy atom. The van der Waals surface area contributed by atoms with E-state index in [1.165, 1.54) is 0 Å². The van der Waals surface area contributed by atoms with Crippen LogP contribution in [0.3, 0.4) is 0 Å². The van der Waals surface area contributed by atoms with Crippen molar-refractivity contribution in [1.29, 1.82) is 0 Å². The van der Waals surface area contributed by atoms with Gasteiger partial charge >= 0.3 is 0 Å². The van der Waals surface area contributed by atoms with Gasteiger partial charge in [-0.05, 0) is 25.1 Å². The van der Waals surface area contributed by atoms with Crippen molar-refractivity contribution in [3.05, 3.63) is 29.7 Å². The molecule has 15 heavy (non-hydrogen) atoms. The highest BCUT2D eigenvalue weighted by Crippen LogP contribution is 2.29. The van der Waals surface area contributed by atoms with Crippen molar-refractivity contribution in [2.45, 2.75) is 13.8 Å². The Morgan fingerprint density at radius 3 is 2.67 bits per heavy atom. The maximum Gasteiger partial charge on any atom is 0.122 e. The van der Waals surface area contributed by atoms with Crippen LogP contribution < -0.4 is 9.47 Å². The minimum Gasteiger partial charge on any atom is -0.496 e. The molecule has 1 aromatic rings. The number of rotatable bonds is 5. The maximum absolute atomic E-state index is 9.10. The van der Waals surface area contributed by atoms with Gasteiger partial charge in [0, 0.05) is 11.5 Å². The van der Waals surface area contributed by atoms with Crippen LogP contribution in [0.2, 0.25) is 0 Å². The highest BCUT2D eigenvalue weighted by atomic mass is 16.5. The SMILES string of the molecule is CCOc1ccc(OC)c([C](C)CO)c1. The zero-order valence-corrected chi connectivity index (χ0v) is 9.41. The average molecular weight is 209 g/mol. The molecule has 0 aromatic heterocycles. The first kappa shape index (κ1) is 11.9. The van der Waals surface area contributed by atoms with Crippen molar-refractivity contribution in [3.63, 3.8) is 0 Å². The third-order valence-corrected chi connectivity index (χ3v) is 2.18. The largest absolute Gasteiger partial charge is 0.496 e. The van der Waals surface area contributed by atoms with Crippen molar-refractivity contribution < 1.29 is 14.6 Å². The fraction of sp³-hybridized carbons (Fsp3) is 0.417. The van der Waals surface area contributed by atoms with Crippen LogP contribution in [0.4, 0.5) is 0 Å². The van der Waals surface area contributed by atoms with Gasteiger partial charge in [0.05, 0.1) is 20.3 Å². The summed E-state index contributed by atoms with van der Waals surface area (Å²) in [5.41, 5.74) is 0.894. The molecule has 0 aliphatic carbocycles. The van der Waals surface area contributed by atoms with Crippen LogP contribution in [0.15, 0.2) is 18.2 Å². The Labute approximate surface area is 90.6 Å². The van der Waals surface area contributed by atoms with Gasteiger partial charge in [0.1, 0.15) is 11.5 Å². The van der Waals surface area contributed by atoms with Crippen LogP contribution in [0.1, 0.15) is 19.4 Å². The van der Waals surface area contributed by atoms with E-state index >= 15 is 0 Å². The van der Waals surface area contributed by atoms with E-state index in [1.54, 1.807) is 7.11 Å². The highest BCUT2D eigenvalue weighted by Gasteiger charge is 2.12. The third-order valence-electron chi connectivity index (χ3n) is 2.18. The van der Waals surface area contributed by atoms with Crippen molar-refractivity contribution in [2.24, 2.45) is 0 Å². The number of aliphatic hydroxyl groups is 1. The Kier molecular flexibility index (Phi) is 4.43. The predicted octanol–water partition coefficient (Wildman–Crippen LogP) is 2.03. The minimum absolute atomic E-state index is 0.0198. The quantitative estimate of drug-likeness (QED) is 0.806. The van der Waals surface area contributed by atoms with Gasteiger partial charge in [-0.25, -0.2) is 0 Å². The molecule has 0 aliphatic heterocycles. The number of hydrogen-bond acceptors (Lipinski definition) is 3. The van der Waals surface area contributed by atoms with Crippen LogP contribution in [-0.4, -0.2) is 25.4 Å². The summed E-state index contributed by atoms with van der Waals surface area (Å²) in [7, 11) is 1.61. The molecule has 3 heteroatoms. The van der Waals surface area contributed by atoms with Gasteiger partial charge < -0.3 is 14.6 Å². The van der Waals surface area contributed by atoms with Crippen LogP contribution in [0, 0.1) is 5.92 Å². The maximum atomic E-state index is 9.10. The second-order valence-corrected chi connectivity index (χ2v) is 3.23. The van der Waals surface area contributed by atoms with E-state index in [0.29, 0.717) is 6.61 Å².